The highest BCUT2D eigenvalue weighted by atomic mass is 32.1. The van der Waals surface area contributed by atoms with E-state index in [1.54, 1.807) is 13.3 Å². The van der Waals surface area contributed by atoms with E-state index in [0.717, 1.165) is 22.0 Å². The van der Waals surface area contributed by atoms with Gasteiger partial charge in [0, 0.05) is 30.8 Å². The summed E-state index contributed by atoms with van der Waals surface area (Å²) in [6.07, 6.45) is 1.63. The third-order valence-electron chi connectivity index (χ3n) is 5.05. The van der Waals surface area contributed by atoms with E-state index in [-0.39, 0.29) is 18.4 Å². The maximum atomic E-state index is 13.0. The lowest BCUT2D eigenvalue weighted by molar-refractivity contribution is -0.129. The Balaban J connectivity index is 1.63. The highest BCUT2D eigenvalue weighted by Gasteiger charge is 2.34. The number of methoxy groups -OCH3 is 1. The Hall–Kier alpha value is -3.30. The minimum Gasteiger partial charge on any atom is -0.478 e. The van der Waals surface area contributed by atoms with E-state index in [2.05, 4.69) is 10.3 Å². The molecule has 8 nitrogen and oxygen atoms in total. The Morgan fingerprint density at radius 3 is 2.91 bits per heavy atom. The van der Waals surface area contributed by atoms with Crippen molar-refractivity contribution in [2.75, 3.05) is 31.7 Å². The van der Waals surface area contributed by atoms with Gasteiger partial charge in [-0.15, -0.1) is 11.3 Å². The van der Waals surface area contributed by atoms with Crippen molar-refractivity contribution in [2.45, 2.75) is 19.4 Å². The molecular formula is C23H24N4O4S. The summed E-state index contributed by atoms with van der Waals surface area (Å²) in [4.78, 5) is 36.0. The zero-order valence-corrected chi connectivity index (χ0v) is 18.7. The van der Waals surface area contributed by atoms with Crippen LogP contribution < -0.4 is 15.0 Å². The molecule has 9 heteroatoms. The van der Waals surface area contributed by atoms with Gasteiger partial charge in [0.05, 0.1) is 23.7 Å². The summed E-state index contributed by atoms with van der Waals surface area (Å²) >= 11 is 1.50. The first-order chi connectivity index (χ1) is 15.6. The summed E-state index contributed by atoms with van der Waals surface area (Å²) in [5.41, 5.74) is 2.97. The van der Waals surface area contributed by atoms with Crippen LogP contribution in [0.2, 0.25) is 0 Å². The van der Waals surface area contributed by atoms with Gasteiger partial charge < -0.3 is 14.8 Å². The highest BCUT2D eigenvalue weighted by Crippen LogP contribution is 2.38. The lowest BCUT2D eigenvalue weighted by atomic mass is 10.1. The number of benzene rings is 1. The average molecular weight is 453 g/mol. The number of ether oxygens (including phenoxy) is 2. The van der Waals surface area contributed by atoms with Crippen molar-refractivity contribution < 1.29 is 19.1 Å². The van der Waals surface area contributed by atoms with Gasteiger partial charge in [-0.05, 0) is 36.8 Å². The second kappa shape index (κ2) is 9.88. The lowest BCUT2D eigenvalue weighted by Crippen LogP contribution is -2.49. The molecule has 2 aromatic heterocycles. The molecule has 1 atom stereocenters. The Kier molecular flexibility index (Phi) is 6.77. The molecule has 0 bridgehead atoms. The molecule has 0 radical (unpaired) electrons. The van der Waals surface area contributed by atoms with E-state index in [1.165, 1.54) is 16.2 Å². The van der Waals surface area contributed by atoms with Gasteiger partial charge in [0.15, 0.2) is 6.10 Å². The van der Waals surface area contributed by atoms with Crippen molar-refractivity contribution in [3.8, 4) is 27.7 Å². The van der Waals surface area contributed by atoms with Crippen LogP contribution in [-0.2, 0) is 14.3 Å². The smallest absolute Gasteiger partial charge is 0.268 e. The first-order valence-corrected chi connectivity index (χ1v) is 11.2. The number of hydrogen-bond acceptors (Lipinski definition) is 7. The van der Waals surface area contributed by atoms with Crippen molar-refractivity contribution in [2.24, 2.45) is 0 Å². The summed E-state index contributed by atoms with van der Waals surface area (Å²) in [5.74, 6) is 0.0890. The number of nitrogens with zero attached hydrogens (tertiary/aromatic N) is 3. The molecule has 166 valence electrons. The molecule has 1 aromatic carbocycles. The molecule has 1 unspecified atom stereocenters. The van der Waals surface area contributed by atoms with Crippen LogP contribution in [0.15, 0.2) is 48.0 Å². The largest absolute Gasteiger partial charge is 0.478 e. The Morgan fingerprint density at radius 2 is 2.16 bits per heavy atom. The van der Waals surface area contributed by atoms with Crippen LogP contribution in [0.4, 0.5) is 5.69 Å². The number of thiazole rings is 1. The number of nitrogens with one attached hydrogen (secondary N) is 1. The number of rotatable bonds is 8. The van der Waals surface area contributed by atoms with E-state index in [0.29, 0.717) is 31.0 Å². The molecule has 0 aliphatic carbocycles. The molecule has 3 aromatic rings. The summed E-state index contributed by atoms with van der Waals surface area (Å²) in [7, 11) is 1.57. The van der Waals surface area contributed by atoms with Crippen LogP contribution in [0.25, 0.3) is 22.0 Å². The molecule has 0 fully saturated rings. The number of hydrogen-bond donors (Lipinski definition) is 1. The minimum absolute atomic E-state index is 0.0882. The zero-order chi connectivity index (χ0) is 22.5. The summed E-state index contributed by atoms with van der Waals surface area (Å²) in [6, 6.07) is 11.3. The van der Waals surface area contributed by atoms with Crippen molar-refractivity contribution in [1.29, 1.82) is 0 Å². The molecular weight excluding hydrogens is 428 g/mol. The molecule has 4 rings (SSSR count). The van der Waals surface area contributed by atoms with Crippen LogP contribution in [0.3, 0.4) is 0 Å². The minimum atomic E-state index is -0.616. The normalized spacial score (nSPS) is 15.2. The van der Waals surface area contributed by atoms with Crippen LogP contribution in [0.1, 0.15) is 13.3 Å². The van der Waals surface area contributed by atoms with Gasteiger partial charge in [0.1, 0.15) is 17.3 Å². The molecule has 0 saturated carbocycles. The van der Waals surface area contributed by atoms with E-state index in [1.807, 2.05) is 48.7 Å². The molecule has 1 N–H and O–H groups in total. The van der Waals surface area contributed by atoms with Crippen molar-refractivity contribution in [3.05, 3.63) is 48.0 Å². The second-order valence-electron chi connectivity index (χ2n) is 7.22. The number of pyridine rings is 1. The maximum Gasteiger partial charge on any atom is 0.268 e. The van der Waals surface area contributed by atoms with Crippen molar-refractivity contribution >= 4 is 28.8 Å². The topological polar surface area (TPSA) is 93.7 Å². The average Bonchev–Trinajstić information content (AvgIpc) is 3.31. The number of carbonyl (C=O) groups is 2. The van der Waals surface area contributed by atoms with Gasteiger partial charge >= 0.3 is 0 Å². The monoisotopic (exact) mass is 452 g/mol. The number of anilines is 1. The van der Waals surface area contributed by atoms with Crippen LogP contribution in [0.5, 0.6) is 5.75 Å². The Bertz CT molecular complexity index is 1100. The molecule has 2 amide bonds. The number of fused-ring (bicyclic) bond motifs is 1. The molecule has 1 aliphatic heterocycles. The first-order valence-electron chi connectivity index (χ1n) is 10.4. The van der Waals surface area contributed by atoms with E-state index in [9.17, 15) is 9.59 Å². The predicted molar refractivity (Wildman–Crippen MR) is 123 cm³/mol. The molecule has 0 spiro atoms. The fourth-order valence-electron chi connectivity index (χ4n) is 3.41. The second-order valence-corrected chi connectivity index (χ2v) is 8.08. The summed E-state index contributed by atoms with van der Waals surface area (Å²) < 4.78 is 10.9. The number of carbonyl (C=O) groups excluding carboxylic acids is 2. The molecule has 3 heterocycles. The van der Waals surface area contributed by atoms with Crippen LogP contribution in [-0.4, -0.2) is 54.7 Å². The zero-order valence-electron chi connectivity index (χ0n) is 17.9. The fraction of sp³-hybridized carbons (Fsp3) is 0.304. The van der Waals surface area contributed by atoms with Gasteiger partial charge in [-0.1, -0.05) is 13.0 Å². The molecule has 0 saturated heterocycles. The lowest BCUT2D eigenvalue weighted by Gasteiger charge is -2.34. The first kappa shape index (κ1) is 21.9. The van der Waals surface area contributed by atoms with Crippen LogP contribution >= 0.6 is 11.3 Å². The van der Waals surface area contributed by atoms with E-state index >= 15 is 0 Å². The number of aromatic nitrogens is 2. The highest BCUT2D eigenvalue weighted by molar-refractivity contribution is 7.13. The van der Waals surface area contributed by atoms with Crippen LogP contribution in [0, 0.1) is 0 Å². The van der Waals surface area contributed by atoms with E-state index in [4.69, 9.17) is 14.5 Å². The quantitative estimate of drug-likeness (QED) is 0.528. The van der Waals surface area contributed by atoms with E-state index < -0.39 is 6.10 Å². The molecule has 32 heavy (non-hydrogen) atoms. The van der Waals surface area contributed by atoms with Gasteiger partial charge in [-0.3, -0.25) is 19.5 Å². The Morgan fingerprint density at radius 1 is 1.28 bits per heavy atom. The predicted octanol–water partition coefficient (Wildman–Crippen LogP) is 3.14. The SMILES string of the molecule is CCC1Oc2ccc(-c3csc(-c4ccccn4)n3)cc2N(CC(=O)NCCOC)C1=O. The maximum absolute atomic E-state index is 13.0. The Labute approximate surface area is 190 Å². The van der Waals surface area contributed by atoms with Gasteiger partial charge in [0.25, 0.3) is 5.91 Å². The van der Waals surface area contributed by atoms with Crippen molar-refractivity contribution in [3.63, 3.8) is 0 Å². The summed E-state index contributed by atoms with van der Waals surface area (Å²) in [5, 5.41) is 5.53. The van der Waals surface area contributed by atoms with Gasteiger partial charge in [0.2, 0.25) is 5.91 Å². The third-order valence-corrected chi connectivity index (χ3v) is 5.91. The third kappa shape index (κ3) is 4.63. The van der Waals surface area contributed by atoms with Gasteiger partial charge in [-0.25, -0.2) is 4.98 Å². The molecule has 1 aliphatic rings. The standard InChI is InChI=1S/C23H24N4O4S/c1-3-19-23(29)27(13-21(28)25-10-11-30-2)18-12-15(7-8-20(18)31-19)17-14-32-22(26-17)16-6-4-5-9-24-16/h4-9,12,14,19H,3,10-11,13H2,1-2H3,(H,25,28). The fourth-order valence-corrected chi connectivity index (χ4v) is 4.21. The summed E-state index contributed by atoms with van der Waals surface area (Å²) in [6.45, 7) is 2.58. The number of amides is 2. The van der Waals surface area contributed by atoms with Crippen molar-refractivity contribution in [1.82, 2.24) is 15.3 Å². The van der Waals surface area contributed by atoms with Gasteiger partial charge in [-0.2, -0.15) is 0 Å².